The van der Waals surface area contributed by atoms with Crippen LogP contribution in [0.5, 0.6) is 0 Å². The summed E-state index contributed by atoms with van der Waals surface area (Å²) < 4.78 is 22.5. The minimum absolute atomic E-state index is 0.0301. The van der Waals surface area contributed by atoms with Gasteiger partial charge >= 0.3 is 0 Å². The van der Waals surface area contributed by atoms with Crippen molar-refractivity contribution in [2.24, 2.45) is 0 Å². The Kier molecular flexibility index (Phi) is 6.59. The van der Waals surface area contributed by atoms with Crippen LogP contribution in [-0.2, 0) is 24.5 Å². The van der Waals surface area contributed by atoms with Crippen molar-refractivity contribution < 1.29 is 9.13 Å². The molecular weight excluding hydrogens is 589 g/mol. The van der Waals surface area contributed by atoms with Gasteiger partial charge in [0.1, 0.15) is 22.7 Å². The zero-order valence-corrected chi connectivity index (χ0v) is 25.3. The summed E-state index contributed by atoms with van der Waals surface area (Å²) in [7, 11) is 4.11. The molecule has 0 saturated carbocycles. The van der Waals surface area contributed by atoms with Gasteiger partial charge in [-0.15, -0.1) is 11.3 Å². The van der Waals surface area contributed by atoms with E-state index in [4.69, 9.17) is 32.0 Å². The number of nitrogens with two attached hydrogens (primary N) is 1. The predicted molar refractivity (Wildman–Crippen MR) is 167 cm³/mol. The third-order valence-electron chi connectivity index (χ3n) is 8.47. The first-order valence-electron chi connectivity index (χ1n) is 13.7. The molecule has 3 N–H and O–H groups in total. The Morgan fingerprint density at radius 3 is 2.70 bits per heavy atom. The SMILES string of the molecule is CN(C)C1(C)CN(c2nc(NCc3cccnn3)c3c4c(c(-c5c(F)ccc6sc(N)c(C#N)c56)c(Cl)c3n2)COC4)C1. The van der Waals surface area contributed by atoms with Gasteiger partial charge in [0.25, 0.3) is 0 Å². The van der Waals surface area contributed by atoms with Crippen molar-refractivity contribution in [3.63, 3.8) is 0 Å². The van der Waals surface area contributed by atoms with Gasteiger partial charge in [-0.25, -0.2) is 9.37 Å². The van der Waals surface area contributed by atoms with Crippen LogP contribution in [0, 0.1) is 17.1 Å². The van der Waals surface area contributed by atoms with Crippen molar-refractivity contribution in [1.82, 2.24) is 25.1 Å². The van der Waals surface area contributed by atoms with Crippen LogP contribution in [0.25, 0.3) is 32.1 Å². The number of anilines is 3. The molecule has 0 aliphatic carbocycles. The molecule has 0 radical (unpaired) electrons. The Morgan fingerprint density at radius 1 is 1.19 bits per heavy atom. The van der Waals surface area contributed by atoms with Gasteiger partial charge in [0.2, 0.25) is 5.95 Å². The van der Waals surface area contributed by atoms with E-state index < -0.39 is 5.82 Å². The molecule has 3 aromatic heterocycles. The van der Waals surface area contributed by atoms with Gasteiger partial charge in [-0.2, -0.15) is 20.4 Å². The molecule has 0 spiro atoms. The monoisotopic (exact) mass is 615 g/mol. The van der Waals surface area contributed by atoms with E-state index in [2.05, 4.69) is 52.4 Å². The van der Waals surface area contributed by atoms with Gasteiger partial charge in [-0.3, -0.25) is 0 Å². The summed E-state index contributed by atoms with van der Waals surface area (Å²) in [5.74, 6) is 0.587. The fourth-order valence-corrected chi connectivity index (χ4v) is 7.17. The lowest BCUT2D eigenvalue weighted by Gasteiger charge is -2.51. The molecule has 218 valence electrons. The zero-order valence-electron chi connectivity index (χ0n) is 23.7. The van der Waals surface area contributed by atoms with Crippen molar-refractivity contribution in [2.45, 2.75) is 32.2 Å². The molecule has 0 bridgehead atoms. The summed E-state index contributed by atoms with van der Waals surface area (Å²) in [5, 5.41) is 23.3. The van der Waals surface area contributed by atoms with Crippen LogP contribution in [0.2, 0.25) is 5.02 Å². The van der Waals surface area contributed by atoms with E-state index in [0.29, 0.717) is 49.9 Å². The molecule has 0 atom stereocenters. The molecule has 13 heteroatoms. The van der Waals surface area contributed by atoms with Crippen LogP contribution in [0.4, 0.5) is 21.2 Å². The number of nitrogen functional groups attached to an aromatic ring is 1. The topological polar surface area (TPSA) is 129 Å². The predicted octanol–water partition coefficient (Wildman–Crippen LogP) is 5.33. The molecule has 2 aromatic carbocycles. The largest absolute Gasteiger partial charge is 0.389 e. The number of ether oxygens (including phenoxy) is 1. The molecule has 0 unspecified atom stereocenters. The first-order valence-corrected chi connectivity index (χ1v) is 14.9. The van der Waals surface area contributed by atoms with Gasteiger partial charge < -0.3 is 25.6 Å². The summed E-state index contributed by atoms with van der Waals surface area (Å²) in [4.78, 5) is 14.3. The fourth-order valence-electron chi connectivity index (χ4n) is 5.89. The van der Waals surface area contributed by atoms with Crippen LogP contribution in [0.1, 0.15) is 29.3 Å². The van der Waals surface area contributed by atoms with E-state index in [1.54, 1.807) is 12.3 Å². The van der Waals surface area contributed by atoms with Gasteiger partial charge in [0, 0.05) is 40.5 Å². The highest BCUT2D eigenvalue weighted by Gasteiger charge is 2.42. The highest BCUT2D eigenvalue weighted by atomic mass is 35.5. The van der Waals surface area contributed by atoms with E-state index in [1.165, 1.54) is 17.4 Å². The third kappa shape index (κ3) is 4.34. The Hall–Kier alpha value is -4.15. The van der Waals surface area contributed by atoms with Gasteiger partial charge in [0.15, 0.2) is 0 Å². The van der Waals surface area contributed by atoms with E-state index in [-0.39, 0.29) is 34.9 Å². The second-order valence-corrected chi connectivity index (χ2v) is 12.8. The first-order chi connectivity index (χ1) is 20.7. The van der Waals surface area contributed by atoms with Crippen LogP contribution >= 0.6 is 22.9 Å². The molecule has 5 aromatic rings. The number of aromatic nitrogens is 4. The molecule has 1 fully saturated rings. The minimum atomic E-state index is -0.503. The van der Waals surface area contributed by atoms with E-state index >= 15 is 4.39 Å². The van der Waals surface area contributed by atoms with Crippen molar-refractivity contribution in [2.75, 3.05) is 43.1 Å². The van der Waals surface area contributed by atoms with E-state index in [0.717, 1.165) is 29.9 Å². The Labute approximate surface area is 255 Å². The van der Waals surface area contributed by atoms with Crippen LogP contribution < -0.4 is 16.0 Å². The molecule has 43 heavy (non-hydrogen) atoms. The fraction of sp³-hybridized carbons (Fsp3) is 0.300. The van der Waals surface area contributed by atoms with Crippen molar-refractivity contribution in [3.8, 4) is 17.2 Å². The molecule has 2 aliphatic heterocycles. The maximum Gasteiger partial charge on any atom is 0.228 e. The molecule has 0 amide bonds. The standard InChI is InChI=1S/C30H27ClFN9OS/c1-30(40(2)3)13-41(14-30)29-37-26-23(28(38-29)35-10-15-5-4-8-36-39-15)18-12-42-11-17(18)22(25(26)31)24-19(32)6-7-20-21(24)16(9-33)27(34)43-20/h4-8H,10-14,34H2,1-3H3,(H,35,37,38). The molecule has 10 nitrogen and oxygen atoms in total. The number of nitriles is 1. The number of likely N-dealkylation sites (N-methyl/N-ethyl adjacent to an activating group) is 1. The maximum atomic E-state index is 15.9. The normalized spacial score (nSPS) is 15.6. The highest BCUT2D eigenvalue weighted by Crippen LogP contribution is 2.49. The second-order valence-electron chi connectivity index (χ2n) is 11.3. The number of nitrogens with one attached hydrogen (secondary N) is 1. The van der Waals surface area contributed by atoms with E-state index in [1.807, 2.05) is 12.1 Å². The highest BCUT2D eigenvalue weighted by molar-refractivity contribution is 7.23. The van der Waals surface area contributed by atoms with Crippen molar-refractivity contribution >= 4 is 60.7 Å². The van der Waals surface area contributed by atoms with Crippen molar-refractivity contribution in [3.05, 3.63) is 63.7 Å². The number of fused-ring (bicyclic) bond motifs is 4. The molecule has 7 rings (SSSR count). The lowest BCUT2D eigenvalue weighted by molar-refractivity contribution is 0.132. The quantitative estimate of drug-likeness (QED) is 0.258. The Bertz CT molecular complexity index is 1970. The van der Waals surface area contributed by atoms with Crippen LogP contribution in [0.15, 0.2) is 30.5 Å². The van der Waals surface area contributed by atoms with E-state index in [9.17, 15) is 5.26 Å². The van der Waals surface area contributed by atoms with Gasteiger partial charge in [-0.05, 0) is 56.4 Å². The number of benzene rings is 2. The van der Waals surface area contributed by atoms with Gasteiger partial charge in [-0.1, -0.05) is 11.6 Å². The third-order valence-corrected chi connectivity index (χ3v) is 9.82. The Morgan fingerprint density at radius 2 is 1.98 bits per heavy atom. The summed E-state index contributed by atoms with van der Waals surface area (Å²) in [6, 6.07) is 8.90. The number of thiophene rings is 1. The molecule has 5 heterocycles. The summed E-state index contributed by atoms with van der Waals surface area (Å²) in [6.45, 7) is 4.50. The molecule has 1 saturated heterocycles. The minimum Gasteiger partial charge on any atom is -0.389 e. The smallest absolute Gasteiger partial charge is 0.228 e. The average molecular weight is 616 g/mol. The number of hydrogen-bond acceptors (Lipinski definition) is 11. The maximum absolute atomic E-state index is 15.9. The second kappa shape index (κ2) is 10.2. The van der Waals surface area contributed by atoms with Crippen LogP contribution in [0.3, 0.4) is 0 Å². The number of nitrogens with zero attached hydrogens (tertiary/aromatic N) is 7. The first kappa shape index (κ1) is 27.7. The molecular formula is C30H27ClFN9OS. The summed E-state index contributed by atoms with van der Waals surface area (Å²) in [6.07, 6.45) is 1.62. The lowest BCUT2D eigenvalue weighted by Crippen LogP contribution is -2.67. The lowest BCUT2D eigenvalue weighted by atomic mass is 9.90. The van der Waals surface area contributed by atoms with Crippen molar-refractivity contribution in [1.29, 1.82) is 5.26 Å². The molecule has 2 aliphatic rings. The zero-order chi connectivity index (χ0) is 30.0. The van der Waals surface area contributed by atoms with Gasteiger partial charge in [0.05, 0.1) is 52.5 Å². The van der Waals surface area contributed by atoms with Crippen LogP contribution in [-0.4, -0.2) is 57.8 Å². The number of hydrogen-bond donors (Lipinski definition) is 2. The number of halogens is 2. The average Bonchev–Trinajstić information content (AvgIpc) is 3.59. The summed E-state index contributed by atoms with van der Waals surface area (Å²) >= 11 is 8.51. The summed E-state index contributed by atoms with van der Waals surface area (Å²) in [5.41, 5.74) is 9.86. The Balaban J connectivity index is 1.48. The number of rotatable bonds is 6.